The molecule has 2 aliphatic heterocycles. The summed E-state index contributed by atoms with van der Waals surface area (Å²) in [6, 6.07) is 11.9. The van der Waals surface area contributed by atoms with Crippen molar-refractivity contribution >= 4 is 28.6 Å². The van der Waals surface area contributed by atoms with Crippen molar-refractivity contribution in [2.75, 3.05) is 18.4 Å². The van der Waals surface area contributed by atoms with E-state index in [1.165, 1.54) is 16.7 Å². The minimum Gasteiger partial charge on any atom is -0.339 e. The molecule has 6 rings (SSSR count). The number of nitrogens with one attached hydrogen (secondary N) is 2. The third-order valence-electron chi connectivity index (χ3n) is 7.60. The highest BCUT2D eigenvalue weighted by atomic mass is 16.2. The molecule has 0 unspecified atom stereocenters. The number of nitrogens with zero attached hydrogens (tertiary/aromatic N) is 6. The van der Waals surface area contributed by atoms with Crippen LogP contribution in [-0.2, 0) is 13.1 Å². The van der Waals surface area contributed by atoms with Crippen LogP contribution in [0.1, 0.15) is 52.5 Å². The van der Waals surface area contributed by atoms with E-state index in [1.807, 2.05) is 29.3 Å². The first-order valence-corrected chi connectivity index (χ1v) is 12.4. The summed E-state index contributed by atoms with van der Waals surface area (Å²) in [5.74, 6) is 0.690. The second-order valence-corrected chi connectivity index (χ2v) is 10.4. The molecular formula is C27H30N8O. The molecule has 0 bridgehead atoms. The van der Waals surface area contributed by atoms with Crippen molar-refractivity contribution in [1.29, 1.82) is 0 Å². The van der Waals surface area contributed by atoms with Gasteiger partial charge < -0.3 is 10.2 Å². The average molecular weight is 483 g/mol. The van der Waals surface area contributed by atoms with E-state index in [0.29, 0.717) is 17.0 Å². The molecule has 4 aromatic rings. The number of fused-ring (bicyclic) bond motifs is 2. The predicted octanol–water partition coefficient (Wildman–Crippen LogP) is 4.12. The molecule has 0 spiro atoms. The number of aromatic nitrogens is 5. The zero-order chi connectivity index (χ0) is 24.9. The quantitative estimate of drug-likeness (QED) is 0.451. The molecule has 2 N–H and O–H groups in total. The Morgan fingerprint density at radius 3 is 2.61 bits per heavy atom. The first kappa shape index (κ1) is 22.6. The number of anilines is 2. The zero-order valence-corrected chi connectivity index (χ0v) is 20.9. The van der Waals surface area contributed by atoms with Gasteiger partial charge in [0, 0.05) is 54.7 Å². The fourth-order valence-corrected chi connectivity index (χ4v) is 5.44. The molecular weight excluding hydrogens is 452 g/mol. The Morgan fingerprint density at radius 2 is 1.83 bits per heavy atom. The lowest BCUT2D eigenvalue weighted by Crippen LogP contribution is -2.52. The Labute approximate surface area is 209 Å². The topological polar surface area (TPSA) is 103 Å². The van der Waals surface area contributed by atoms with E-state index < -0.39 is 0 Å². The predicted molar refractivity (Wildman–Crippen MR) is 138 cm³/mol. The molecule has 184 valence electrons. The van der Waals surface area contributed by atoms with Crippen LogP contribution in [0.25, 0.3) is 11.0 Å². The zero-order valence-electron chi connectivity index (χ0n) is 20.9. The summed E-state index contributed by atoms with van der Waals surface area (Å²) in [4.78, 5) is 27.0. The standard InChI is InChI=1S/C27H30N8O/c1-17-10-18(2)12-21(11-17)29-26-28-14-20-15-35(16-24(20)30-26)27(3)6-8-34(9-7-27)25(36)19-4-5-22-23(13-19)32-33-31-22/h4-5,10-14H,6-9,15-16H2,1-3H3,(H,28,29,30)(H,31,32,33). The number of rotatable bonds is 4. The van der Waals surface area contributed by atoms with Crippen molar-refractivity contribution in [2.24, 2.45) is 0 Å². The van der Waals surface area contributed by atoms with E-state index in [9.17, 15) is 4.79 Å². The fraction of sp³-hybridized carbons (Fsp3) is 0.370. The number of amides is 1. The van der Waals surface area contributed by atoms with Gasteiger partial charge in [-0.1, -0.05) is 11.3 Å². The number of benzene rings is 2. The van der Waals surface area contributed by atoms with E-state index in [4.69, 9.17) is 4.98 Å². The van der Waals surface area contributed by atoms with E-state index >= 15 is 0 Å². The number of hydrogen-bond acceptors (Lipinski definition) is 7. The molecule has 0 radical (unpaired) electrons. The molecule has 2 aromatic carbocycles. The molecule has 2 aromatic heterocycles. The highest BCUT2D eigenvalue weighted by Gasteiger charge is 2.40. The second-order valence-electron chi connectivity index (χ2n) is 10.4. The molecule has 0 saturated carbocycles. The third kappa shape index (κ3) is 4.19. The van der Waals surface area contributed by atoms with Gasteiger partial charge in [0.15, 0.2) is 0 Å². The molecule has 1 saturated heterocycles. The Morgan fingerprint density at radius 1 is 1.06 bits per heavy atom. The van der Waals surface area contributed by atoms with Crippen molar-refractivity contribution in [1.82, 2.24) is 35.2 Å². The van der Waals surface area contributed by atoms with Gasteiger partial charge in [-0.25, -0.2) is 9.97 Å². The largest absolute Gasteiger partial charge is 0.339 e. The molecule has 4 heterocycles. The summed E-state index contributed by atoms with van der Waals surface area (Å²) in [6.45, 7) is 9.58. The normalized spacial score (nSPS) is 17.4. The van der Waals surface area contributed by atoms with Gasteiger partial charge >= 0.3 is 0 Å². The van der Waals surface area contributed by atoms with Gasteiger partial charge in [0.05, 0.1) is 11.2 Å². The van der Waals surface area contributed by atoms with Crippen LogP contribution in [0, 0.1) is 13.8 Å². The number of hydrogen-bond donors (Lipinski definition) is 2. The van der Waals surface area contributed by atoms with Crippen molar-refractivity contribution in [3.05, 3.63) is 70.5 Å². The highest BCUT2D eigenvalue weighted by molar-refractivity contribution is 5.97. The smallest absolute Gasteiger partial charge is 0.253 e. The number of carbonyl (C=O) groups excluding carboxylic acids is 1. The Hall–Kier alpha value is -3.85. The van der Waals surface area contributed by atoms with Crippen molar-refractivity contribution in [3.63, 3.8) is 0 Å². The fourth-order valence-electron chi connectivity index (χ4n) is 5.44. The van der Waals surface area contributed by atoms with E-state index in [0.717, 1.165) is 55.9 Å². The van der Waals surface area contributed by atoms with Crippen LogP contribution in [0.2, 0.25) is 0 Å². The Balaban J connectivity index is 1.11. The van der Waals surface area contributed by atoms with Crippen LogP contribution < -0.4 is 5.32 Å². The molecule has 1 fully saturated rings. The lowest BCUT2D eigenvalue weighted by atomic mass is 9.87. The third-order valence-corrected chi connectivity index (χ3v) is 7.60. The molecule has 2 aliphatic rings. The van der Waals surface area contributed by atoms with Crippen LogP contribution in [0.15, 0.2) is 42.6 Å². The summed E-state index contributed by atoms with van der Waals surface area (Å²) >= 11 is 0. The van der Waals surface area contributed by atoms with Crippen LogP contribution in [0.5, 0.6) is 0 Å². The van der Waals surface area contributed by atoms with Crippen molar-refractivity contribution in [2.45, 2.75) is 52.2 Å². The Kier molecular flexibility index (Phi) is 5.44. The summed E-state index contributed by atoms with van der Waals surface area (Å²) in [6.07, 6.45) is 3.79. The van der Waals surface area contributed by atoms with Gasteiger partial charge in [-0.05, 0) is 75.1 Å². The molecule has 9 nitrogen and oxygen atoms in total. The molecule has 1 amide bonds. The monoisotopic (exact) mass is 482 g/mol. The van der Waals surface area contributed by atoms with Crippen LogP contribution in [-0.4, -0.2) is 59.7 Å². The van der Waals surface area contributed by atoms with Gasteiger partial charge in [0.25, 0.3) is 5.91 Å². The van der Waals surface area contributed by atoms with Crippen molar-refractivity contribution < 1.29 is 4.79 Å². The summed E-state index contributed by atoms with van der Waals surface area (Å²) < 4.78 is 0. The van der Waals surface area contributed by atoms with Gasteiger partial charge in [-0.2, -0.15) is 0 Å². The minimum atomic E-state index is 0.00872. The molecule has 36 heavy (non-hydrogen) atoms. The number of H-pyrrole nitrogens is 1. The van der Waals surface area contributed by atoms with Crippen LogP contribution >= 0.6 is 0 Å². The number of aryl methyl sites for hydroxylation is 2. The first-order chi connectivity index (χ1) is 17.4. The van der Waals surface area contributed by atoms with E-state index in [2.05, 4.69) is 69.6 Å². The minimum absolute atomic E-state index is 0.00872. The SMILES string of the molecule is Cc1cc(C)cc(Nc2ncc3c(n2)CN(C2(C)CCN(C(=O)c4ccc5[nH]nnc5c4)CC2)C3)c1. The molecule has 0 aliphatic carbocycles. The molecule has 0 atom stereocenters. The lowest BCUT2D eigenvalue weighted by molar-refractivity contribution is 0.0273. The van der Waals surface area contributed by atoms with Gasteiger partial charge in [0.1, 0.15) is 5.52 Å². The number of carbonyl (C=O) groups is 1. The number of likely N-dealkylation sites (tertiary alicyclic amines) is 1. The average Bonchev–Trinajstić information content (AvgIpc) is 3.50. The van der Waals surface area contributed by atoms with E-state index in [1.54, 1.807) is 0 Å². The first-order valence-electron chi connectivity index (χ1n) is 12.4. The van der Waals surface area contributed by atoms with Crippen LogP contribution in [0.4, 0.5) is 11.6 Å². The summed E-state index contributed by atoms with van der Waals surface area (Å²) in [5, 5.41) is 14.0. The van der Waals surface area contributed by atoms with Gasteiger partial charge in [-0.3, -0.25) is 14.8 Å². The number of aromatic amines is 1. The van der Waals surface area contributed by atoms with Gasteiger partial charge in [-0.15, -0.1) is 5.10 Å². The maximum atomic E-state index is 13.1. The molecule has 9 heteroatoms. The van der Waals surface area contributed by atoms with Crippen molar-refractivity contribution in [3.8, 4) is 0 Å². The highest BCUT2D eigenvalue weighted by Crippen LogP contribution is 2.36. The van der Waals surface area contributed by atoms with Gasteiger partial charge in [0.2, 0.25) is 5.95 Å². The second kappa shape index (κ2) is 8.67. The lowest BCUT2D eigenvalue weighted by Gasteiger charge is -2.45. The maximum absolute atomic E-state index is 13.1. The van der Waals surface area contributed by atoms with Crippen LogP contribution in [0.3, 0.4) is 0 Å². The van der Waals surface area contributed by atoms with E-state index in [-0.39, 0.29) is 11.4 Å². The number of piperidine rings is 1. The summed E-state index contributed by atoms with van der Waals surface area (Å²) in [5.41, 5.74) is 7.91. The summed E-state index contributed by atoms with van der Waals surface area (Å²) in [7, 11) is 0. The Bertz CT molecular complexity index is 1430. The maximum Gasteiger partial charge on any atom is 0.253 e.